The van der Waals surface area contributed by atoms with Crippen molar-refractivity contribution in [3.8, 4) is 0 Å². The van der Waals surface area contributed by atoms with Crippen molar-refractivity contribution < 1.29 is 4.79 Å². The number of rotatable bonds is 12. The zero-order valence-corrected chi connectivity index (χ0v) is 23.9. The largest absolute Gasteiger partial charge is 0.327 e. The van der Waals surface area contributed by atoms with Crippen LogP contribution in [0, 0.1) is 0 Å². The van der Waals surface area contributed by atoms with Crippen LogP contribution in [0.2, 0.25) is 0 Å². The molecule has 0 aliphatic heterocycles. The number of unbranched alkanes of at least 4 members (excludes halogenated alkanes) is 1. The smallest absolute Gasteiger partial charge is 0.261 e. The molecule has 3 aromatic rings. The number of carbonyl (C=O) groups excluding carboxylic acids is 1. The summed E-state index contributed by atoms with van der Waals surface area (Å²) in [7, 11) is 4.02. The summed E-state index contributed by atoms with van der Waals surface area (Å²) in [6, 6.07) is 15.2. The van der Waals surface area contributed by atoms with Gasteiger partial charge in [0, 0.05) is 18.7 Å². The molecule has 39 heavy (non-hydrogen) atoms. The Labute approximate surface area is 232 Å². The van der Waals surface area contributed by atoms with Gasteiger partial charge in [-0.15, -0.1) is 0 Å². The van der Waals surface area contributed by atoms with Gasteiger partial charge in [-0.05, 0) is 81.6 Å². The van der Waals surface area contributed by atoms with Gasteiger partial charge >= 0.3 is 0 Å². The fraction of sp³-hybridized carbons (Fsp3) is 0.424. The van der Waals surface area contributed by atoms with Gasteiger partial charge in [-0.1, -0.05) is 62.8 Å². The van der Waals surface area contributed by atoms with E-state index in [4.69, 9.17) is 4.98 Å². The molecular formula is C33H42N4O2. The number of fused-ring (bicyclic) bond motifs is 1. The summed E-state index contributed by atoms with van der Waals surface area (Å²) in [4.78, 5) is 37.0. The summed E-state index contributed by atoms with van der Waals surface area (Å²) in [5.41, 5.74) is 3.62. The molecule has 6 nitrogen and oxygen atoms in total. The van der Waals surface area contributed by atoms with Crippen molar-refractivity contribution in [1.29, 1.82) is 0 Å². The normalized spacial score (nSPS) is 14.0. The second-order valence-electron chi connectivity index (χ2n) is 10.7. The van der Waals surface area contributed by atoms with Gasteiger partial charge in [-0.3, -0.25) is 14.2 Å². The molecule has 1 heterocycles. The fourth-order valence-electron chi connectivity index (χ4n) is 5.17. The standard InChI is InChI=1S/C33H42N4O2/c1-5-7-13-25-18-20-27(21-19-25)32(38)36(23-22-35(3)4)30(6-2)31-34-29-17-12-11-16-28(29)33(39)37(31)24-26-14-9-8-10-15-26/h9,11-12,14-21,30H,5-8,10,13,22-24H2,1-4H3. The number of para-hydroxylation sites is 1. The number of likely N-dealkylation sites (N-methyl/N-ethyl adjacent to an activating group) is 1. The molecule has 1 aliphatic rings. The van der Waals surface area contributed by atoms with E-state index in [2.05, 4.69) is 49.1 Å². The lowest BCUT2D eigenvalue weighted by molar-refractivity contribution is 0.0642. The minimum atomic E-state index is -0.345. The van der Waals surface area contributed by atoms with Gasteiger partial charge in [0.15, 0.2) is 0 Å². The first-order valence-corrected chi connectivity index (χ1v) is 14.3. The summed E-state index contributed by atoms with van der Waals surface area (Å²) in [5.74, 6) is 0.615. The third kappa shape index (κ3) is 6.93. The number of carbonyl (C=O) groups is 1. The minimum Gasteiger partial charge on any atom is -0.327 e. The average Bonchev–Trinajstić information content (AvgIpc) is 2.96. The number of aromatic nitrogens is 2. The first-order valence-electron chi connectivity index (χ1n) is 14.3. The molecule has 0 spiro atoms. The summed E-state index contributed by atoms with van der Waals surface area (Å²) in [6.07, 6.45) is 12.4. The number of allylic oxidation sites excluding steroid dienone is 4. The van der Waals surface area contributed by atoms with Crippen molar-refractivity contribution in [2.24, 2.45) is 0 Å². The zero-order valence-electron chi connectivity index (χ0n) is 23.9. The highest BCUT2D eigenvalue weighted by Gasteiger charge is 2.29. The van der Waals surface area contributed by atoms with Gasteiger partial charge in [-0.25, -0.2) is 4.98 Å². The fourth-order valence-corrected chi connectivity index (χ4v) is 5.17. The van der Waals surface area contributed by atoms with Crippen molar-refractivity contribution in [2.75, 3.05) is 27.2 Å². The predicted octanol–water partition coefficient (Wildman–Crippen LogP) is 6.17. The van der Waals surface area contributed by atoms with Gasteiger partial charge in [0.25, 0.3) is 11.5 Å². The molecule has 0 radical (unpaired) electrons. The van der Waals surface area contributed by atoms with E-state index in [0.717, 1.165) is 37.7 Å². The molecule has 206 valence electrons. The summed E-state index contributed by atoms with van der Waals surface area (Å²) in [6.45, 7) is 5.95. The number of amides is 1. The quantitative estimate of drug-likeness (QED) is 0.283. The van der Waals surface area contributed by atoms with E-state index in [1.165, 1.54) is 5.56 Å². The summed E-state index contributed by atoms with van der Waals surface area (Å²) in [5, 5.41) is 0.602. The second kappa shape index (κ2) is 13.5. The topological polar surface area (TPSA) is 58.4 Å². The van der Waals surface area contributed by atoms with Crippen LogP contribution in [-0.4, -0.2) is 52.4 Å². The Bertz CT molecular complexity index is 1390. The van der Waals surface area contributed by atoms with Crippen molar-refractivity contribution in [2.45, 2.75) is 65.0 Å². The van der Waals surface area contributed by atoms with Gasteiger partial charge in [0.1, 0.15) is 5.82 Å². The van der Waals surface area contributed by atoms with E-state index in [1.807, 2.05) is 55.4 Å². The van der Waals surface area contributed by atoms with Crippen LogP contribution >= 0.6 is 0 Å². The Morgan fingerprint density at radius 1 is 1.03 bits per heavy atom. The monoisotopic (exact) mass is 526 g/mol. The van der Waals surface area contributed by atoms with Crippen molar-refractivity contribution in [3.63, 3.8) is 0 Å². The van der Waals surface area contributed by atoms with E-state index < -0.39 is 0 Å². The Hall–Kier alpha value is -3.51. The third-order valence-corrected chi connectivity index (χ3v) is 7.43. The highest BCUT2D eigenvalue weighted by Crippen LogP contribution is 2.27. The molecule has 6 heteroatoms. The Morgan fingerprint density at radius 3 is 2.46 bits per heavy atom. The lowest BCUT2D eigenvalue weighted by Gasteiger charge is -2.33. The van der Waals surface area contributed by atoms with E-state index in [-0.39, 0.29) is 17.5 Å². The van der Waals surface area contributed by atoms with E-state index in [9.17, 15) is 9.59 Å². The van der Waals surface area contributed by atoms with Crippen LogP contribution in [0.25, 0.3) is 10.9 Å². The molecule has 0 bridgehead atoms. The summed E-state index contributed by atoms with van der Waals surface area (Å²) >= 11 is 0. The Morgan fingerprint density at radius 2 is 1.79 bits per heavy atom. The highest BCUT2D eigenvalue weighted by molar-refractivity contribution is 5.94. The van der Waals surface area contributed by atoms with E-state index in [1.54, 1.807) is 4.57 Å². The zero-order chi connectivity index (χ0) is 27.8. The number of hydrogen-bond acceptors (Lipinski definition) is 4. The van der Waals surface area contributed by atoms with Crippen molar-refractivity contribution in [3.05, 3.63) is 99.6 Å². The van der Waals surface area contributed by atoms with Gasteiger partial charge in [-0.2, -0.15) is 0 Å². The van der Waals surface area contributed by atoms with Crippen LogP contribution in [0.4, 0.5) is 0 Å². The first-order chi connectivity index (χ1) is 18.9. The van der Waals surface area contributed by atoms with E-state index >= 15 is 0 Å². The SMILES string of the molecule is CCCCc1ccc(C(=O)N(CCN(C)C)C(CC)c2nc3ccccc3c(=O)n2CC2=CCCC=C2)cc1. The molecule has 0 saturated heterocycles. The predicted molar refractivity (Wildman–Crippen MR) is 160 cm³/mol. The first kappa shape index (κ1) is 28.5. The number of hydrogen-bond donors (Lipinski definition) is 0. The molecule has 1 atom stereocenters. The number of nitrogens with zero attached hydrogens (tertiary/aromatic N) is 4. The van der Waals surface area contributed by atoms with Crippen LogP contribution in [0.3, 0.4) is 0 Å². The number of benzene rings is 2. The number of aryl methyl sites for hydroxylation is 1. The molecule has 1 aliphatic carbocycles. The summed E-state index contributed by atoms with van der Waals surface area (Å²) < 4.78 is 1.79. The van der Waals surface area contributed by atoms with Crippen LogP contribution < -0.4 is 5.56 Å². The molecule has 1 amide bonds. The Balaban J connectivity index is 1.79. The van der Waals surface area contributed by atoms with Crippen molar-refractivity contribution >= 4 is 16.8 Å². The minimum absolute atomic E-state index is 0.0310. The second-order valence-corrected chi connectivity index (χ2v) is 10.7. The maximum Gasteiger partial charge on any atom is 0.261 e. The lowest BCUT2D eigenvalue weighted by atomic mass is 10.0. The maximum atomic E-state index is 14.1. The molecule has 0 saturated carbocycles. The van der Waals surface area contributed by atoms with Crippen molar-refractivity contribution in [1.82, 2.24) is 19.4 Å². The van der Waals surface area contributed by atoms with Crippen LogP contribution in [0.15, 0.2) is 77.1 Å². The molecule has 1 aromatic heterocycles. The van der Waals surface area contributed by atoms with Crippen LogP contribution in [0.5, 0.6) is 0 Å². The maximum absolute atomic E-state index is 14.1. The van der Waals surface area contributed by atoms with Gasteiger partial charge in [0.2, 0.25) is 0 Å². The molecular weight excluding hydrogens is 484 g/mol. The highest BCUT2D eigenvalue weighted by atomic mass is 16.2. The van der Waals surface area contributed by atoms with Gasteiger partial charge < -0.3 is 9.80 Å². The molecule has 1 unspecified atom stereocenters. The average molecular weight is 527 g/mol. The molecule has 0 fully saturated rings. The van der Waals surface area contributed by atoms with Crippen LogP contribution in [-0.2, 0) is 13.0 Å². The molecule has 4 rings (SSSR count). The van der Waals surface area contributed by atoms with Gasteiger partial charge in [0.05, 0.1) is 23.5 Å². The van der Waals surface area contributed by atoms with E-state index in [0.29, 0.717) is 48.3 Å². The Kier molecular flexibility index (Phi) is 9.88. The van der Waals surface area contributed by atoms with Crippen LogP contribution in [0.1, 0.15) is 73.7 Å². The third-order valence-electron chi connectivity index (χ3n) is 7.43. The lowest BCUT2D eigenvalue weighted by Crippen LogP contribution is -2.42. The molecule has 0 N–H and O–H groups in total. The molecule has 2 aromatic carbocycles.